The van der Waals surface area contributed by atoms with Gasteiger partial charge in [-0.3, -0.25) is 0 Å². The number of allylic oxidation sites excluding steroid dienone is 1. The molecule has 0 fully saturated rings. The number of benzene rings is 1. The van der Waals surface area contributed by atoms with E-state index >= 15 is 0 Å². The molecule has 0 spiro atoms. The molecule has 0 amide bonds. The molecule has 0 aliphatic rings. The van der Waals surface area contributed by atoms with Gasteiger partial charge in [0.25, 0.3) is 0 Å². The third-order valence-electron chi connectivity index (χ3n) is 8.25. The third kappa shape index (κ3) is 12.7. The van der Waals surface area contributed by atoms with Crippen molar-refractivity contribution in [2.24, 2.45) is 0 Å². The summed E-state index contributed by atoms with van der Waals surface area (Å²) in [5.74, 6) is 0. The van der Waals surface area contributed by atoms with Crippen LogP contribution < -0.4 is 3.58 Å². The Bertz CT molecular complexity index is 637. The molecule has 1 aromatic rings. The first-order valence-electron chi connectivity index (χ1n) is 15.9. The van der Waals surface area contributed by atoms with Gasteiger partial charge in [0.05, 0.1) is 0 Å². The van der Waals surface area contributed by atoms with Crippen LogP contribution in [0.2, 0.25) is 13.3 Å². The van der Waals surface area contributed by atoms with Gasteiger partial charge in [-0.25, -0.2) is 0 Å². The fraction of sp³-hybridized carbons (Fsp3) is 0.765. The zero-order valence-electron chi connectivity index (χ0n) is 24.8. The number of rotatable bonds is 23. The van der Waals surface area contributed by atoms with E-state index in [-0.39, 0.29) is 0 Å². The minimum atomic E-state index is -2.48. The average Bonchev–Trinajstić information content (AvgIpc) is 2.88. The molecule has 0 radical (unpaired) electrons. The van der Waals surface area contributed by atoms with Crippen LogP contribution in [0, 0.1) is 0 Å². The zero-order chi connectivity index (χ0) is 25.8. The van der Waals surface area contributed by atoms with Gasteiger partial charge >= 0.3 is 227 Å². The van der Waals surface area contributed by atoms with Gasteiger partial charge in [0.2, 0.25) is 0 Å². The van der Waals surface area contributed by atoms with Crippen LogP contribution in [0.1, 0.15) is 155 Å². The number of hydrogen-bond acceptors (Lipinski definition) is 0. The van der Waals surface area contributed by atoms with E-state index < -0.39 is 18.4 Å². The molecular formula is C34H62Sn. The molecule has 0 bridgehead atoms. The Kier molecular flexibility index (Phi) is 19.5. The van der Waals surface area contributed by atoms with Crippen LogP contribution in [0.25, 0.3) is 5.57 Å². The Hall–Kier alpha value is -0.241. The van der Waals surface area contributed by atoms with Crippen molar-refractivity contribution in [2.75, 3.05) is 0 Å². The van der Waals surface area contributed by atoms with Crippen LogP contribution in [0.15, 0.2) is 24.8 Å². The van der Waals surface area contributed by atoms with Crippen LogP contribution in [-0.2, 0) is 6.42 Å². The molecule has 202 valence electrons. The van der Waals surface area contributed by atoms with Gasteiger partial charge in [0, 0.05) is 0 Å². The predicted octanol–water partition coefficient (Wildman–Crippen LogP) is 11.6. The van der Waals surface area contributed by atoms with Gasteiger partial charge in [-0.1, -0.05) is 0 Å². The van der Waals surface area contributed by atoms with Crippen LogP contribution in [0.5, 0.6) is 0 Å². The summed E-state index contributed by atoms with van der Waals surface area (Å²) in [5, 5.41) is 0. The molecule has 0 aromatic heterocycles. The number of unbranched alkanes of at least 4 members (excludes halogenated alkanes) is 11. The van der Waals surface area contributed by atoms with Crippen molar-refractivity contribution in [1.29, 1.82) is 0 Å². The van der Waals surface area contributed by atoms with E-state index in [9.17, 15) is 0 Å². The van der Waals surface area contributed by atoms with E-state index in [0.29, 0.717) is 0 Å². The maximum absolute atomic E-state index is 4.60. The Morgan fingerprint density at radius 2 is 1.09 bits per heavy atom. The van der Waals surface area contributed by atoms with E-state index in [1.807, 2.05) is 3.58 Å². The monoisotopic (exact) mass is 590 g/mol. The first-order chi connectivity index (χ1) is 17.1. The van der Waals surface area contributed by atoms with E-state index in [1.165, 1.54) is 127 Å². The summed E-state index contributed by atoms with van der Waals surface area (Å²) >= 11 is -2.48. The van der Waals surface area contributed by atoms with Gasteiger partial charge in [-0.05, 0) is 0 Å². The van der Waals surface area contributed by atoms with Gasteiger partial charge in [0.1, 0.15) is 0 Å². The van der Waals surface area contributed by atoms with Gasteiger partial charge in [-0.15, -0.1) is 0 Å². The third-order valence-corrected chi connectivity index (χ3v) is 24.1. The minimum absolute atomic E-state index is 1.18. The van der Waals surface area contributed by atoms with Gasteiger partial charge in [0.15, 0.2) is 0 Å². The molecule has 0 unspecified atom stereocenters. The van der Waals surface area contributed by atoms with Crippen LogP contribution in [0.3, 0.4) is 0 Å². The Balaban J connectivity index is 3.26. The van der Waals surface area contributed by atoms with E-state index in [4.69, 9.17) is 0 Å². The van der Waals surface area contributed by atoms with Crippen molar-refractivity contribution in [3.63, 3.8) is 0 Å². The molecule has 0 aliphatic heterocycles. The Morgan fingerprint density at radius 3 is 1.60 bits per heavy atom. The quantitative estimate of drug-likeness (QED) is 0.0880. The number of hydrogen-bond donors (Lipinski definition) is 0. The first-order valence-corrected chi connectivity index (χ1v) is 23.4. The van der Waals surface area contributed by atoms with Crippen molar-refractivity contribution >= 4 is 27.5 Å². The van der Waals surface area contributed by atoms with Crippen molar-refractivity contribution in [3.8, 4) is 0 Å². The SMILES string of the molecule is C=C(CCCCCCC)c1ccc(CCCCCCC)[c]([Sn]([CH2]CCC)([CH2]CCC)[CH2]CCC)c1. The average molecular weight is 590 g/mol. The molecule has 1 heteroatoms. The normalized spacial score (nSPS) is 11.8. The summed E-state index contributed by atoms with van der Waals surface area (Å²) in [7, 11) is 0. The molecule has 1 rings (SSSR count). The standard InChI is InChI=1S/C22H35.3C4H9.Sn/c1-4-6-8-10-12-14-20(3)22-18-16-21(17-19-22)15-13-11-9-7-5-2;3*1-3-4-2;/h16,18-19H,3-15H2,1-2H3;3*1,3-4H2,2H3;. The molecule has 0 aliphatic carbocycles. The Labute approximate surface area is 226 Å². The summed E-state index contributed by atoms with van der Waals surface area (Å²) in [6.45, 7) is 16.4. The van der Waals surface area contributed by atoms with Crippen LogP contribution in [-0.4, -0.2) is 18.4 Å². The Morgan fingerprint density at radius 1 is 0.600 bits per heavy atom. The summed E-state index contributed by atoms with van der Waals surface area (Å²) in [4.78, 5) is 0. The molecule has 1 aromatic carbocycles. The van der Waals surface area contributed by atoms with Crippen molar-refractivity contribution in [1.82, 2.24) is 0 Å². The topological polar surface area (TPSA) is 0 Å². The second kappa shape index (κ2) is 20.8. The van der Waals surface area contributed by atoms with Gasteiger partial charge in [-0.2, -0.15) is 0 Å². The molecule has 0 heterocycles. The molecule has 0 nitrogen and oxygen atoms in total. The maximum atomic E-state index is 4.60. The molecule has 0 saturated heterocycles. The predicted molar refractivity (Wildman–Crippen MR) is 166 cm³/mol. The number of aryl methyl sites for hydroxylation is 1. The molecule has 0 saturated carbocycles. The summed E-state index contributed by atoms with van der Waals surface area (Å²) in [6, 6.07) is 7.75. The van der Waals surface area contributed by atoms with Gasteiger partial charge < -0.3 is 0 Å². The van der Waals surface area contributed by atoms with E-state index in [1.54, 1.807) is 18.9 Å². The van der Waals surface area contributed by atoms with Crippen molar-refractivity contribution < 1.29 is 0 Å². The second-order valence-electron chi connectivity index (χ2n) is 11.4. The molecule has 0 N–H and O–H groups in total. The molecular weight excluding hydrogens is 527 g/mol. The molecule has 0 atom stereocenters. The first kappa shape index (κ1) is 32.8. The van der Waals surface area contributed by atoms with Crippen molar-refractivity contribution in [3.05, 3.63) is 35.9 Å². The van der Waals surface area contributed by atoms with Crippen LogP contribution >= 0.6 is 0 Å². The van der Waals surface area contributed by atoms with E-state index in [2.05, 4.69) is 59.4 Å². The summed E-state index contributed by atoms with van der Waals surface area (Å²) in [5.41, 5.74) is 4.63. The zero-order valence-corrected chi connectivity index (χ0v) is 27.6. The second-order valence-corrected chi connectivity index (χ2v) is 24.5. The molecule has 35 heavy (non-hydrogen) atoms. The summed E-state index contributed by atoms with van der Waals surface area (Å²) in [6.07, 6.45) is 24.6. The summed E-state index contributed by atoms with van der Waals surface area (Å²) < 4.78 is 6.64. The van der Waals surface area contributed by atoms with Crippen LogP contribution in [0.4, 0.5) is 0 Å². The van der Waals surface area contributed by atoms with Crippen molar-refractivity contribution in [2.45, 2.75) is 164 Å². The van der Waals surface area contributed by atoms with E-state index in [0.717, 1.165) is 0 Å². The fourth-order valence-electron chi connectivity index (χ4n) is 5.84. The fourth-order valence-corrected chi connectivity index (χ4v) is 23.0.